The third kappa shape index (κ3) is 7.31. The number of ether oxygens (including phenoxy) is 1. The molecule has 0 N–H and O–H groups in total. The third-order valence-corrected chi connectivity index (χ3v) is 10.7. The van der Waals surface area contributed by atoms with E-state index in [-0.39, 0.29) is 37.8 Å². The second kappa shape index (κ2) is 14.4. The largest absolute Gasteiger partial charge is 2.00 e. The average Bonchev–Trinajstić information content (AvgIpc) is 3.61. The van der Waals surface area contributed by atoms with E-state index in [4.69, 9.17) is 14.8 Å². The molecule has 5 nitrogen and oxygen atoms in total. The zero-order valence-electron chi connectivity index (χ0n) is 33.5. The van der Waals surface area contributed by atoms with Gasteiger partial charge >= 0.3 is 21.1 Å². The molecule has 0 spiro atoms. The molecule has 1 aliphatic carbocycles. The summed E-state index contributed by atoms with van der Waals surface area (Å²) in [5.41, 5.74) is 10.2. The van der Waals surface area contributed by atoms with Gasteiger partial charge in [-0.1, -0.05) is 105 Å². The van der Waals surface area contributed by atoms with E-state index in [1.807, 2.05) is 18.3 Å². The van der Waals surface area contributed by atoms with Crippen LogP contribution in [0.15, 0.2) is 78.5 Å². The minimum atomic E-state index is -0.173. The molecule has 3 aromatic heterocycles. The van der Waals surface area contributed by atoms with Crippen molar-refractivity contribution in [3.63, 3.8) is 0 Å². The van der Waals surface area contributed by atoms with Crippen LogP contribution in [0.3, 0.4) is 0 Å². The van der Waals surface area contributed by atoms with Crippen LogP contribution >= 0.6 is 0 Å². The number of fused-ring (bicyclic) bond motifs is 3. The monoisotopic (exact) mass is 885 g/mol. The SMILES string of the molecule is CC1=C[C@H](C)C[C@H](C)C1c1c(C(C)(C)C)nn(-c2[c-]c(Oc3[c-]c4c(cc3)c3ccccc3n4-c3cc(C)ccn3)cc(C(C)C)c2)c1C(C)(C)C.[Pt+2]. The summed E-state index contributed by atoms with van der Waals surface area (Å²) in [6.45, 7) is 27.5. The molecular formula is C47H54N4OPt. The number of hydrogen-bond donors (Lipinski definition) is 0. The first kappa shape index (κ1) is 38.8. The molecule has 1 unspecified atom stereocenters. The van der Waals surface area contributed by atoms with Gasteiger partial charge in [0.2, 0.25) is 0 Å². The number of nitrogens with zero attached hydrogens (tertiary/aromatic N) is 4. The van der Waals surface area contributed by atoms with Gasteiger partial charge in [0.25, 0.3) is 0 Å². The molecule has 6 heteroatoms. The number of benzene rings is 3. The molecule has 0 amide bonds. The van der Waals surface area contributed by atoms with Gasteiger partial charge in [-0.3, -0.25) is 4.68 Å². The molecule has 1 aliphatic rings. The Morgan fingerprint density at radius 3 is 2.25 bits per heavy atom. The van der Waals surface area contributed by atoms with Crippen LogP contribution in [0, 0.1) is 30.9 Å². The molecule has 0 radical (unpaired) electrons. The summed E-state index contributed by atoms with van der Waals surface area (Å²) >= 11 is 0. The van der Waals surface area contributed by atoms with Crippen LogP contribution in [-0.4, -0.2) is 19.3 Å². The van der Waals surface area contributed by atoms with Gasteiger partial charge in [-0.15, -0.1) is 41.3 Å². The predicted octanol–water partition coefficient (Wildman–Crippen LogP) is 12.5. The number of para-hydroxylation sites is 1. The Bertz CT molecular complexity index is 2330. The Hall–Kier alpha value is -3.95. The molecule has 0 saturated heterocycles. The van der Waals surface area contributed by atoms with E-state index in [0.29, 0.717) is 29.3 Å². The van der Waals surface area contributed by atoms with Crippen LogP contribution in [0.5, 0.6) is 11.5 Å². The zero-order valence-corrected chi connectivity index (χ0v) is 35.7. The normalized spacial score (nSPS) is 18.1. The minimum Gasteiger partial charge on any atom is -0.509 e. The van der Waals surface area contributed by atoms with Crippen LogP contribution in [0.2, 0.25) is 0 Å². The van der Waals surface area contributed by atoms with Gasteiger partial charge in [0.1, 0.15) is 5.82 Å². The summed E-state index contributed by atoms with van der Waals surface area (Å²) in [4.78, 5) is 4.76. The minimum absolute atomic E-state index is 0. The Kier molecular flexibility index (Phi) is 10.5. The molecule has 0 bridgehead atoms. The second-order valence-electron chi connectivity index (χ2n) is 17.7. The fourth-order valence-corrected chi connectivity index (χ4v) is 8.46. The molecule has 7 rings (SSSR count). The molecule has 278 valence electrons. The molecule has 6 aromatic rings. The number of aromatic nitrogens is 4. The van der Waals surface area contributed by atoms with Gasteiger partial charge in [0.15, 0.2) is 0 Å². The molecule has 53 heavy (non-hydrogen) atoms. The van der Waals surface area contributed by atoms with E-state index in [1.54, 1.807) is 0 Å². The van der Waals surface area contributed by atoms with Crippen LogP contribution < -0.4 is 4.74 Å². The van der Waals surface area contributed by atoms with E-state index in [2.05, 4.69) is 159 Å². The smallest absolute Gasteiger partial charge is 0.509 e. The Morgan fingerprint density at radius 2 is 1.58 bits per heavy atom. The van der Waals surface area contributed by atoms with Crippen molar-refractivity contribution in [2.24, 2.45) is 11.8 Å². The van der Waals surface area contributed by atoms with Gasteiger partial charge in [-0.2, -0.15) is 11.2 Å². The maximum Gasteiger partial charge on any atom is 2.00 e. The van der Waals surface area contributed by atoms with Crippen LogP contribution in [0.4, 0.5) is 0 Å². The van der Waals surface area contributed by atoms with Crippen molar-refractivity contribution in [2.45, 2.75) is 112 Å². The van der Waals surface area contributed by atoms with Crippen molar-refractivity contribution in [3.8, 4) is 23.0 Å². The van der Waals surface area contributed by atoms with Gasteiger partial charge in [0, 0.05) is 45.5 Å². The fourth-order valence-electron chi connectivity index (χ4n) is 8.46. The summed E-state index contributed by atoms with van der Waals surface area (Å²) < 4.78 is 11.1. The summed E-state index contributed by atoms with van der Waals surface area (Å²) in [6.07, 6.45) is 5.53. The number of hydrogen-bond acceptors (Lipinski definition) is 3. The fraction of sp³-hybridized carbons (Fsp3) is 0.404. The van der Waals surface area contributed by atoms with Crippen molar-refractivity contribution in [3.05, 3.63) is 119 Å². The average molecular weight is 886 g/mol. The second-order valence-corrected chi connectivity index (χ2v) is 17.7. The number of rotatable bonds is 6. The maximum absolute atomic E-state index is 6.75. The van der Waals surface area contributed by atoms with E-state index in [0.717, 1.165) is 38.9 Å². The van der Waals surface area contributed by atoms with Gasteiger partial charge in [0.05, 0.1) is 11.4 Å². The quantitative estimate of drug-likeness (QED) is 0.124. The topological polar surface area (TPSA) is 44.9 Å². The van der Waals surface area contributed by atoms with Crippen molar-refractivity contribution >= 4 is 21.8 Å². The maximum atomic E-state index is 6.75. The molecule has 0 fully saturated rings. The molecule has 3 aromatic carbocycles. The molecule has 3 atom stereocenters. The number of aryl methyl sites for hydroxylation is 1. The standard InChI is InChI=1S/C47H54N4O.Pt/c1-28(2)33-24-34(51-45(47(10,11)12)43(44(49-51)46(7,8)9)42-31(5)21-30(4)22-32(42)6)26-36(25-33)52-35-17-18-38-37-15-13-14-16-39(37)50(40(38)27-35)41-23-29(3)19-20-48-41;/h13-21,23-25,28,30,32,42H,22H2,1-12H3;/q-2;+2/t30-,32-,42?;/m0./s1. The van der Waals surface area contributed by atoms with E-state index in [1.165, 1.54) is 34.5 Å². The Balaban J connectivity index is 0.00000481. The molecule has 0 saturated carbocycles. The van der Waals surface area contributed by atoms with E-state index in [9.17, 15) is 0 Å². The summed E-state index contributed by atoms with van der Waals surface area (Å²) in [5, 5.41) is 7.80. The van der Waals surface area contributed by atoms with Crippen molar-refractivity contribution < 1.29 is 25.8 Å². The third-order valence-electron chi connectivity index (χ3n) is 10.7. The number of allylic oxidation sites excluding steroid dienone is 2. The van der Waals surface area contributed by atoms with E-state index >= 15 is 0 Å². The Labute approximate surface area is 331 Å². The van der Waals surface area contributed by atoms with Crippen molar-refractivity contribution in [2.75, 3.05) is 0 Å². The van der Waals surface area contributed by atoms with Crippen molar-refractivity contribution in [1.82, 2.24) is 19.3 Å². The number of pyridine rings is 1. The van der Waals surface area contributed by atoms with Gasteiger partial charge in [-0.05, 0) is 72.9 Å². The first-order valence-electron chi connectivity index (χ1n) is 19.0. The molecule has 0 aliphatic heterocycles. The first-order valence-corrected chi connectivity index (χ1v) is 19.0. The van der Waals surface area contributed by atoms with E-state index < -0.39 is 0 Å². The summed E-state index contributed by atoms with van der Waals surface area (Å²) in [7, 11) is 0. The molecular weight excluding hydrogens is 832 g/mol. The predicted molar refractivity (Wildman–Crippen MR) is 216 cm³/mol. The van der Waals surface area contributed by atoms with Gasteiger partial charge < -0.3 is 9.30 Å². The summed E-state index contributed by atoms with van der Waals surface area (Å²) in [5.74, 6) is 3.83. The van der Waals surface area contributed by atoms with Crippen LogP contribution in [-0.2, 0) is 31.9 Å². The van der Waals surface area contributed by atoms with Gasteiger partial charge in [-0.25, -0.2) is 4.98 Å². The summed E-state index contributed by atoms with van der Waals surface area (Å²) in [6, 6.07) is 28.4. The Morgan fingerprint density at radius 1 is 0.849 bits per heavy atom. The van der Waals surface area contributed by atoms with Crippen LogP contribution in [0.25, 0.3) is 33.3 Å². The molecule has 3 heterocycles. The van der Waals surface area contributed by atoms with Crippen LogP contribution in [0.1, 0.15) is 122 Å². The first-order chi connectivity index (χ1) is 24.5. The zero-order chi connectivity index (χ0) is 37.3. The van der Waals surface area contributed by atoms with Crippen molar-refractivity contribution in [1.29, 1.82) is 0 Å².